The average Bonchev–Trinajstić information content (AvgIpc) is 3.04. The number of aryl methyl sites for hydroxylation is 5. The van der Waals surface area contributed by atoms with Crippen LogP contribution in [0, 0.1) is 62.3 Å². The van der Waals surface area contributed by atoms with E-state index < -0.39 is 10.1 Å². The summed E-state index contributed by atoms with van der Waals surface area (Å²) in [5, 5.41) is 3.58. The Bertz CT molecular complexity index is 2250. The van der Waals surface area contributed by atoms with Gasteiger partial charge in [0.05, 0.1) is 17.7 Å². The highest BCUT2D eigenvalue weighted by molar-refractivity contribution is 7.85. The Morgan fingerprint density at radius 1 is 0.735 bits per heavy atom. The number of anilines is 2. The number of ether oxygens (including phenoxy) is 1. The van der Waals surface area contributed by atoms with Crippen LogP contribution in [0.3, 0.4) is 0 Å². The van der Waals surface area contributed by atoms with Gasteiger partial charge in [0, 0.05) is 34.0 Å². The Hall–Kier alpha value is -4.72. The van der Waals surface area contributed by atoms with E-state index in [1.807, 2.05) is 49.4 Å². The summed E-state index contributed by atoms with van der Waals surface area (Å²) in [6, 6.07) is 15.1. The standard InChI is InChI=1S/C42H46N2O4S/c1-23-12-15-35(39(18-23)49(45,46)47)40(33-13-16-36(26(4)21-33)43-41-27(5)19-24(2)29(7)31(41)9)34-14-17-37(38(22-34)48-11)44-42-28(6)20-25(3)30(8)32(42)10/h12-22,44H,1-11H3,(H,45,46,47). The molecule has 7 heteroatoms. The van der Waals surface area contributed by atoms with Crippen LogP contribution < -0.4 is 15.0 Å². The molecule has 0 radical (unpaired) electrons. The summed E-state index contributed by atoms with van der Waals surface area (Å²) in [6.07, 6.45) is 6.01. The predicted molar refractivity (Wildman–Crippen MR) is 201 cm³/mol. The first-order chi connectivity index (χ1) is 23.0. The number of nitrogens with one attached hydrogen (secondary N) is 2. The van der Waals surface area contributed by atoms with Gasteiger partial charge in [0.2, 0.25) is 11.4 Å². The van der Waals surface area contributed by atoms with E-state index in [0.29, 0.717) is 28.0 Å². The summed E-state index contributed by atoms with van der Waals surface area (Å²) in [5.41, 5.74) is 17.5. The number of allylic oxidation sites excluding steroid dienone is 5. The van der Waals surface area contributed by atoms with Gasteiger partial charge in [-0.1, -0.05) is 24.3 Å². The first-order valence-electron chi connectivity index (χ1n) is 16.4. The summed E-state index contributed by atoms with van der Waals surface area (Å²) in [7, 11) is -3.19. The third-order valence-corrected chi connectivity index (χ3v) is 10.8. The Morgan fingerprint density at radius 3 is 2.02 bits per heavy atom. The van der Waals surface area contributed by atoms with E-state index in [1.54, 1.807) is 20.1 Å². The molecule has 2 N–H and O–H groups in total. The van der Waals surface area contributed by atoms with Crippen molar-refractivity contribution in [3.05, 3.63) is 139 Å². The predicted octanol–water partition coefficient (Wildman–Crippen LogP) is 8.29. The molecule has 0 saturated heterocycles. The Morgan fingerprint density at radius 2 is 1.39 bits per heavy atom. The molecule has 1 aliphatic rings. The second kappa shape index (κ2) is 13.7. The van der Waals surface area contributed by atoms with Crippen molar-refractivity contribution in [2.75, 3.05) is 12.4 Å². The molecule has 49 heavy (non-hydrogen) atoms. The van der Waals surface area contributed by atoms with E-state index in [-0.39, 0.29) is 4.90 Å². The van der Waals surface area contributed by atoms with Crippen LogP contribution in [0.25, 0.3) is 5.57 Å². The molecule has 4 aromatic carbocycles. The van der Waals surface area contributed by atoms with Crippen molar-refractivity contribution in [3.63, 3.8) is 0 Å². The minimum Gasteiger partial charge on any atom is -0.744 e. The van der Waals surface area contributed by atoms with Crippen LogP contribution in [0.4, 0.5) is 17.1 Å². The summed E-state index contributed by atoms with van der Waals surface area (Å²) in [4.78, 5) is 3.39. The van der Waals surface area contributed by atoms with Gasteiger partial charge in [-0.05, 0) is 161 Å². The van der Waals surface area contributed by atoms with Crippen molar-refractivity contribution in [1.29, 1.82) is 0 Å². The number of rotatable bonds is 7. The molecule has 6 nitrogen and oxygen atoms in total. The van der Waals surface area contributed by atoms with Gasteiger partial charge in [0.15, 0.2) is 0 Å². The van der Waals surface area contributed by atoms with Gasteiger partial charge in [-0.15, -0.1) is 0 Å². The summed E-state index contributed by atoms with van der Waals surface area (Å²) in [6.45, 7) is 20.7. The van der Waals surface area contributed by atoms with Crippen molar-refractivity contribution >= 4 is 38.5 Å². The van der Waals surface area contributed by atoms with Crippen molar-refractivity contribution in [3.8, 4) is 5.75 Å². The summed E-state index contributed by atoms with van der Waals surface area (Å²) in [5.74, 6) is 0.585. The van der Waals surface area contributed by atoms with Gasteiger partial charge in [0.25, 0.3) is 0 Å². The fourth-order valence-corrected chi connectivity index (χ4v) is 7.42. The van der Waals surface area contributed by atoms with Crippen molar-refractivity contribution in [2.24, 2.45) is 0 Å². The first-order valence-corrected chi connectivity index (χ1v) is 17.8. The fraction of sp³-hybridized carbons (Fsp3) is 0.262. The highest BCUT2D eigenvalue weighted by atomic mass is 32.2. The monoisotopic (exact) mass is 674 g/mol. The average molecular weight is 675 g/mol. The minimum absolute atomic E-state index is 0.258. The van der Waals surface area contributed by atoms with Gasteiger partial charge in [-0.2, -0.15) is 0 Å². The van der Waals surface area contributed by atoms with Gasteiger partial charge >= 0.3 is 0 Å². The van der Waals surface area contributed by atoms with Crippen molar-refractivity contribution in [1.82, 2.24) is 0 Å². The van der Waals surface area contributed by atoms with Crippen LogP contribution in [0.2, 0.25) is 0 Å². The molecule has 5 rings (SSSR count). The topological polar surface area (TPSA) is 92.4 Å². The third kappa shape index (κ3) is 7.05. The largest absolute Gasteiger partial charge is 0.744 e. The Balaban J connectivity index is 1.71. The molecular weight excluding hydrogens is 629 g/mol. The number of hydrogen-bond donors (Lipinski definition) is 2. The molecule has 4 aromatic rings. The Labute approximate surface area is 291 Å². The van der Waals surface area contributed by atoms with E-state index in [9.17, 15) is 13.0 Å². The van der Waals surface area contributed by atoms with Crippen molar-refractivity contribution in [2.45, 2.75) is 74.1 Å². The second-order valence-corrected chi connectivity index (χ2v) is 14.6. The van der Waals surface area contributed by atoms with Gasteiger partial charge < -0.3 is 14.6 Å². The smallest absolute Gasteiger partial charge is 0.210 e. The van der Waals surface area contributed by atoms with Crippen LogP contribution in [0.1, 0.15) is 68.1 Å². The summed E-state index contributed by atoms with van der Waals surface area (Å²) < 4.78 is 44.0. The zero-order chi connectivity index (χ0) is 35.9. The molecule has 0 atom stereocenters. The lowest BCUT2D eigenvalue weighted by Gasteiger charge is -2.22. The first kappa shape index (κ1) is 35.6. The van der Waals surface area contributed by atoms with Gasteiger partial charge in [-0.25, -0.2) is 13.4 Å². The number of hydrogen-bond acceptors (Lipinski definition) is 5. The van der Waals surface area contributed by atoms with Crippen LogP contribution >= 0.6 is 0 Å². The second-order valence-electron chi connectivity index (χ2n) is 13.3. The lowest BCUT2D eigenvalue weighted by molar-refractivity contribution is -0.353. The normalized spacial score (nSPS) is 15.0. The molecule has 254 valence electrons. The summed E-state index contributed by atoms with van der Waals surface area (Å²) >= 11 is 0. The molecule has 0 aliphatic heterocycles. The lowest BCUT2D eigenvalue weighted by atomic mass is 9.88. The third-order valence-electron chi connectivity index (χ3n) is 9.91. The van der Waals surface area contributed by atoms with Crippen molar-refractivity contribution < 1.29 is 22.7 Å². The van der Waals surface area contributed by atoms with Crippen LogP contribution in [0.15, 0.2) is 82.8 Å². The highest BCUT2D eigenvalue weighted by Crippen LogP contribution is 2.40. The molecule has 0 unspecified atom stereocenters. The lowest BCUT2D eigenvalue weighted by Crippen LogP contribution is -2.67. The molecule has 0 bridgehead atoms. The maximum atomic E-state index is 12.7. The Kier molecular flexibility index (Phi) is 9.91. The molecule has 0 spiro atoms. The molecular formula is C42H46N2O4S. The molecule has 0 heterocycles. The zero-order valence-corrected chi connectivity index (χ0v) is 31.2. The fourth-order valence-electron chi connectivity index (χ4n) is 6.65. The van der Waals surface area contributed by atoms with E-state index in [2.05, 4.69) is 77.8 Å². The molecule has 0 fully saturated rings. The van der Waals surface area contributed by atoms with E-state index in [1.165, 1.54) is 33.9 Å². The van der Waals surface area contributed by atoms with E-state index >= 15 is 0 Å². The highest BCUT2D eigenvalue weighted by Gasteiger charge is 2.23. The van der Waals surface area contributed by atoms with Crippen LogP contribution in [-0.2, 0) is 10.1 Å². The molecule has 0 saturated carbocycles. The zero-order valence-electron chi connectivity index (χ0n) is 30.4. The quantitative estimate of drug-likeness (QED) is 0.193. The number of benzene rings is 4. The minimum atomic E-state index is -4.80. The van der Waals surface area contributed by atoms with E-state index in [4.69, 9.17) is 4.74 Å². The van der Waals surface area contributed by atoms with Gasteiger partial charge in [0.1, 0.15) is 15.9 Å². The van der Waals surface area contributed by atoms with E-state index in [0.717, 1.165) is 50.6 Å². The molecule has 0 amide bonds. The molecule has 1 aliphatic carbocycles. The van der Waals surface area contributed by atoms with Crippen LogP contribution in [-0.4, -0.2) is 25.8 Å². The van der Waals surface area contributed by atoms with Crippen LogP contribution in [0.5, 0.6) is 5.75 Å². The SMILES string of the molecule is COc1cc(C(=C2C=CC(=[NH+]c3c(C)cc(C)c(C)c3C)C(C)=C2)c2ccc(C)cc2S(=O)(=O)[O-])ccc1Nc1c(C)cc(C)c(C)c1C. The molecule has 0 aromatic heterocycles. The van der Waals surface area contributed by atoms with Gasteiger partial charge in [-0.3, -0.25) is 0 Å². The number of methoxy groups -OCH3 is 1. The maximum absolute atomic E-state index is 12.7. The maximum Gasteiger partial charge on any atom is 0.210 e.